The lowest BCUT2D eigenvalue weighted by Crippen LogP contribution is -2.46. The third-order valence-corrected chi connectivity index (χ3v) is 5.41. The molecule has 0 aliphatic carbocycles. The monoisotopic (exact) mass is 385 g/mol. The third-order valence-electron chi connectivity index (χ3n) is 5.41. The SMILES string of the molecule is CN1C(=O)c2ccccc2[C@@H](C(=O)NCCc2ccccn2)[C@H]1c1ccccc1. The maximum absolute atomic E-state index is 13.3. The lowest BCUT2D eigenvalue weighted by atomic mass is 9.79. The molecule has 1 N–H and O–H groups in total. The van der Waals surface area contributed by atoms with E-state index in [1.807, 2.05) is 66.7 Å². The first-order chi connectivity index (χ1) is 14.2. The summed E-state index contributed by atoms with van der Waals surface area (Å²) >= 11 is 0. The number of carbonyl (C=O) groups excluding carboxylic acids is 2. The van der Waals surface area contributed by atoms with Gasteiger partial charge in [-0.05, 0) is 29.3 Å². The molecular formula is C24H23N3O2. The molecule has 0 radical (unpaired) electrons. The summed E-state index contributed by atoms with van der Waals surface area (Å²) in [6.45, 7) is 0.494. The number of carbonyl (C=O) groups is 2. The predicted octanol–water partition coefficient (Wildman–Crippen LogP) is 3.35. The molecule has 1 aromatic heterocycles. The minimum atomic E-state index is -0.472. The Kier molecular flexibility index (Phi) is 5.38. The Hall–Kier alpha value is -3.47. The second-order valence-electron chi connectivity index (χ2n) is 7.20. The smallest absolute Gasteiger partial charge is 0.254 e. The number of hydrogen-bond acceptors (Lipinski definition) is 3. The predicted molar refractivity (Wildman–Crippen MR) is 111 cm³/mol. The summed E-state index contributed by atoms with van der Waals surface area (Å²) in [5.74, 6) is -0.617. The number of likely N-dealkylation sites (N-methyl/N-ethyl adjacent to an activating group) is 1. The van der Waals surface area contributed by atoms with E-state index in [0.717, 1.165) is 16.8 Å². The van der Waals surface area contributed by atoms with E-state index in [9.17, 15) is 9.59 Å². The largest absolute Gasteiger partial charge is 0.355 e. The third kappa shape index (κ3) is 3.76. The zero-order chi connectivity index (χ0) is 20.2. The topological polar surface area (TPSA) is 62.3 Å². The van der Waals surface area contributed by atoms with Crippen molar-refractivity contribution in [3.05, 3.63) is 101 Å². The Labute approximate surface area is 170 Å². The summed E-state index contributed by atoms with van der Waals surface area (Å²) in [4.78, 5) is 32.3. The van der Waals surface area contributed by atoms with Crippen molar-refractivity contribution < 1.29 is 9.59 Å². The van der Waals surface area contributed by atoms with Crippen LogP contribution < -0.4 is 5.32 Å². The number of aromatic nitrogens is 1. The fourth-order valence-electron chi connectivity index (χ4n) is 3.99. The second kappa shape index (κ2) is 8.27. The van der Waals surface area contributed by atoms with Crippen LogP contribution in [0.2, 0.25) is 0 Å². The van der Waals surface area contributed by atoms with Crippen LogP contribution in [-0.4, -0.2) is 35.3 Å². The van der Waals surface area contributed by atoms with Crippen LogP contribution in [0.5, 0.6) is 0 Å². The molecule has 3 aromatic rings. The van der Waals surface area contributed by atoms with E-state index in [2.05, 4.69) is 10.3 Å². The van der Waals surface area contributed by atoms with Gasteiger partial charge in [0.1, 0.15) is 0 Å². The molecule has 29 heavy (non-hydrogen) atoms. The normalized spacial score (nSPS) is 18.2. The van der Waals surface area contributed by atoms with E-state index in [1.165, 1.54) is 0 Å². The van der Waals surface area contributed by atoms with Crippen molar-refractivity contribution >= 4 is 11.8 Å². The molecule has 5 nitrogen and oxygen atoms in total. The van der Waals surface area contributed by atoms with E-state index >= 15 is 0 Å². The van der Waals surface area contributed by atoms with Crippen molar-refractivity contribution in [1.82, 2.24) is 15.2 Å². The molecule has 5 heteroatoms. The van der Waals surface area contributed by atoms with Crippen LogP contribution in [0.4, 0.5) is 0 Å². The summed E-state index contributed by atoms with van der Waals surface area (Å²) in [5, 5.41) is 3.06. The molecule has 1 aliphatic rings. The lowest BCUT2D eigenvalue weighted by molar-refractivity contribution is -0.124. The number of amides is 2. The number of rotatable bonds is 5. The van der Waals surface area contributed by atoms with Crippen molar-refractivity contribution in [1.29, 1.82) is 0 Å². The van der Waals surface area contributed by atoms with Crippen LogP contribution in [0.1, 0.15) is 39.1 Å². The second-order valence-corrected chi connectivity index (χ2v) is 7.20. The molecule has 2 heterocycles. The van der Waals surface area contributed by atoms with Gasteiger partial charge in [0.2, 0.25) is 5.91 Å². The Morgan fingerprint density at radius 2 is 1.72 bits per heavy atom. The first-order valence-corrected chi connectivity index (χ1v) is 9.75. The van der Waals surface area contributed by atoms with Gasteiger partial charge in [-0.3, -0.25) is 14.6 Å². The minimum Gasteiger partial charge on any atom is -0.355 e. The summed E-state index contributed by atoms with van der Waals surface area (Å²) < 4.78 is 0. The van der Waals surface area contributed by atoms with Crippen molar-refractivity contribution in [3.8, 4) is 0 Å². The number of hydrogen-bond donors (Lipinski definition) is 1. The quantitative estimate of drug-likeness (QED) is 0.733. The molecule has 0 bridgehead atoms. The Morgan fingerprint density at radius 1 is 1.00 bits per heavy atom. The summed E-state index contributed by atoms with van der Waals surface area (Å²) in [6, 6.07) is 22.5. The highest BCUT2D eigenvalue weighted by Crippen LogP contribution is 2.41. The number of nitrogens with one attached hydrogen (secondary N) is 1. The van der Waals surface area contributed by atoms with E-state index in [1.54, 1.807) is 24.2 Å². The van der Waals surface area contributed by atoms with E-state index in [4.69, 9.17) is 0 Å². The van der Waals surface area contributed by atoms with Crippen molar-refractivity contribution in [2.45, 2.75) is 18.4 Å². The van der Waals surface area contributed by atoms with Crippen LogP contribution in [0.25, 0.3) is 0 Å². The fourth-order valence-corrected chi connectivity index (χ4v) is 3.99. The molecule has 2 aromatic carbocycles. The van der Waals surface area contributed by atoms with Crippen LogP contribution in [0.15, 0.2) is 79.0 Å². The molecule has 1 aliphatic heterocycles. The maximum atomic E-state index is 13.3. The number of nitrogens with zero attached hydrogens (tertiary/aromatic N) is 2. The molecule has 0 unspecified atom stereocenters. The van der Waals surface area contributed by atoms with E-state index in [-0.39, 0.29) is 17.9 Å². The van der Waals surface area contributed by atoms with Gasteiger partial charge in [-0.2, -0.15) is 0 Å². The standard InChI is InChI=1S/C24H23N3O2/c1-27-22(17-9-3-2-4-10-17)21(19-12-5-6-13-20(19)24(27)29)23(28)26-16-14-18-11-7-8-15-25-18/h2-13,15,21-22H,14,16H2,1H3,(H,26,28)/t21-,22-/m1/s1. The Bertz CT molecular complexity index is 1000. The van der Waals surface area contributed by atoms with Gasteiger partial charge < -0.3 is 10.2 Å². The molecule has 146 valence electrons. The van der Waals surface area contributed by atoms with Gasteiger partial charge in [0, 0.05) is 37.5 Å². The van der Waals surface area contributed by atoms with E-state index < -0.39 is 5.92 Å². The van der Waals surface area contributed by atoms with Gasteiger partial charge >= 0.3 is 0 Å². The van der Waals surface area contributed by atoms with Crippen LogP contribution >= 0.6 is 0 Å². The van der Waals surface area contributed by atoms with Crippen molar-refractivity contribution in [2.75, 3.05) is 13.6 Å². The highest BCUT2D eigenvalue weighted by Gasteiger charge is 2.42. The average molecular weight is 385 g/mol. The molecular weight excluding hydrogens is 362 g/mol. The number of benzene rings is 2. The highest BCUT2D eigenvalue weighted by molar-refractivity contribution is 6.01. The highest BCUT2D eigenvalue weighted by atomic mass is 16.2. The zero-order valence-corrected chi connectivity index (χ0v) is 16.3. The van der Waals surface area contributed by atoms with Crippen LogP contribution in [0, 0.1) is 0 Å². The maximum Gasteiger partial charge on any atom is 0.254 e. The fraction of sp³-hybridized carbons (Fsp3) is 0.208. The van der Waals surface area contributed by atoms with Gasteiger partial charge in [0.25, 0.3) is 5.91 Å². The zero-order valence-electron chi connectivity index (χ0n) is 16.3. The Balaban J connectivity index is 1.64. The van der Waals surface area contributed by atoms with Gasteiger partial charge in [0.05, 0.1) is 12.0 Å². The van der Waals surface area contributed by atoms with Crippen molar-refractivity contribution in [3.63, 3.8) is 0 Å². The van der Waals surface area contributed by atoms with E-state index in [0.29, 0.717) is 18.5 Å². The summed E-state index contributed by atoms with van der Waals surface area (Å²) in [7, 11) is 1.77. The molecule has 0 spiro atoms. The first kappa shape index (κ1) is 18.9. The summed E-state index contributed by atoms with van der Waals surface area (Å²) in [6.07, 6.45) is 2.41. The van der Waals surface area contributed by atoms with Crippen LogP contribution in [0.3, 0.4) is 0 Å². The van der Waals surface area contributed by atoms with Crippen LogP contribution in [-0.2, 0) is 11.2 Å². The Morgan fingerprint density at radius 3 is 2.48 bits per heavy atom. The molecule has 0 saturated carbocycles. The molecule has 0 fully saturated rings. The average Bonchev–Trinajstić information content (AvgIpc) is 2.77. The van der Waals surface area contributed by atoms with Crippen molar-refractivity contribution in [2.24, 2.45) is 0 Å². The molecule has 2 atom stereocenters. The number of pyridine rings is 1. The lowest BCUT2D eigenvalue weighted by Gasteiger charge is -2.39. The molecule has 0 saturated heterocycles. The minimum absolute atomic E-state index is 0.0630. The van der Waals surface area contributed by atoms with Gasteiger partial charge in [-0.25, -0.2) is 0 Å². The number of fused-ring (bicyclic) bond motifs is 1. The first-order valence-electron chi connectivity index (χ1n) is 9.75. The van der Waals surface area contributed by atoms with Gasteiger partial charge in [-0.15, -0.1) is 0 Å². The summed E-state index contributed by atoms with van der Waals surface area (Å²) in [5.41, 5.74) is 3.25. The molecule has 2 amide bonds. The van der Waals surface area contributed by atoms with Gasteiger partial charge in [-0.1, -0.05) is 54.6 Å². The van der Waals surface area contributed by atoms with Gasteiger partial charge in [0.15, 0.2) is 0 Å². The molecule has 4 rings (SSSR count).